The number of aryl methyl sites for hydroxylation is 2. The van der Waals surface area contributed by atoms with Crippen molar-refractivity contribution in [3.05, 3.63) is 59.2 Å². The van der Waals surface area contributed by atoms with Crippen LogP contribution in [0.1, 0.15) is 44.4 Å². The highest BCUT2D eigenvalue weighted by Gasteiger charge is 2.52. The minimum Gasteiger partial charge on any atom is -0.489 e. The predicted molar refractivity (Wildman–Crippen MR) is 102 cm³/mol. The van der Waals surface area contributed by atoms with Crippen molar-refractivity contribution in [1.82, 2.24) is 0 Å². The third-order valence-electron chi connectivity index (χ3n) is 5.37. The third kappa shape index (κ3) is 3.60. The normalized spacial score (nSPS) is 18.4. The van der Waals surface area contributed by atoms with Gasteiger partial charge in [-0.1, -0.05) is 36.4 Å². The van der Waals surface area contributed by atoms with Crippen LogP contribution >= 0.6 is 0 Å². The molecule has 1 fully saturated rings. The summed E-state index contributed by atoms with van der Waals surface area (Å²) in [4.78, 5) is 0. The van der Waals surface area contributed by atoms with Gasteiger partial charge in [0.25, 0.3) is 0 Å². The molecule has 2 aromatic carbocycles. The lowest BCUT2D eigenvalue weighted by atomic mass is 9.77. The van der Waals surface area contributed by atoms with Gasteiger partial charge in [-0.25, -0.2) is 0 Å². The summed E-state index contributed by atoms with van der Waals surface area (Å²) in [5.74, 6) is 0.824. The minimum absolute atomic E-state index is 0.368. The Labute approximate surface area is 151 Å². The van der Waals surface area contributed by atoms with Gasteiger partial charge in [-0.2, -0.15) is 0 Å². The molecule has 0 bridgehead atoms. The largest absolute Gasteiger partial charge is 0.498 e. The van der Waals surface area contributed by atoms with Gasteiger partial charge in [0.2, 0.25) is 0 Å². The number of hydrogen-bond donors (Lipinski definition) is 0. The molecule has 1 aliphatic rings. The maximum absolute atomic E-state index is 6.24. The van der Waals surface area contributed by atoms with E-state index in [4.69, 9.17) is 14.0 Å². The van der Waals surface area contributed by atoms with E-state index in [-0.39, 0.29) is 11.2 Å². The lowest BCUT2D eigenvalue weighted by molar-refractivity contribution is 0.00578. The van der Waals surface area contributed by atoms with Crippen molar-refractivity contribution < 1.29 is 14.0 Å². The quantitative estimate of drug-likeness (QED) is 0.783. The summed E-state index contributed by atoms with van der Waals surface area (Å²) in [7, 11) is -0.421. The molecule has 0 aromatic heterocycles. The maximum Gasteiger partial charge on any atom is 0.498 e. The Balaban J connectivity index is 1.90. The van der Waals surface area contributed by atoms with Gasteiger partial charge in [0.05, 0.1) is 11.2 Å². The van der Waals surface area contributed by atoms with E-state index in [0.717, 1.165) is 16.8 Å². The van der Waals surface area contributed by atoms with Crippen LogP contribution in [0.5, 0.6) is 5.75 Å². The smallest absolute Gasteiger partial charge is 0.489 e. The van der Waals surface area contributed by atoms with Gasteiger partial charge in [-0.05, 0) is 64.3 Å². The first-order valence-electron chi connectivity index (χ1n) is 8.83. The van der Waals surface area contributed by atoms with E-state index in [1.807, 2.05) is 18.2 Å². The lowest BCUT2D eigenvalue weighted by Crippen LogP contribution is -2.41. The molecule has 0 amide bonds. The molecule has 0 unspecified atom stereocenters. The molecule has 25 heavy (non-hydrogen) atoms. The highest BCUT2D eigenvalue weighted by molar-refractivity contribution is 6.63. The molecule has 0 aliphatic carbocycles. The van der Waals surface area contributed by atoms with Crippen molar-refractivity contribution in [3.63, 3.8) is 0 Å². The summed E-state index contributed by atoms with van der Waals surface area (Å²) in [6, 6.07) is 14.4. The molecule has 0 N–H and O–H groups in total. The van der Waals surface area contributed by atoms with Crippen molar-refractivity contribution >= 4 is 12.6 Å². The molecule has 3 nitrogen and oxygen atoms in total. The third-order valence-corrected chi connectivity index (χ3v) is 5.37. The zero-order valence-corrected chi connectivity index (χ0v) is 16.1. The highest BCUT2D eigenvalue weighted by Crippen LogP contribution is 2.37. The van der Waals surface area contributed by atoms with E-state index in [1.54, 1.807) is 0 Å². The number of hydrogen-bond acceptors (Lipinski definition) is 3. The zero-order valence-electron chi connectivity index (χ0n) is 16.1. The van der Waals surface area contributed by atoms with Gasteiger partial charge in [0, 0.05) is 5.46 Å². The van der Waals surface area contributed by atoms with Gasteiger partial charge in [-0.3, -0.25) is 0 Å². The first-order valence-corrected chi connectivity index (χ1v) is 8.83. The molecule has 0 atom stereocenters. The van der Waals surface area contributed by atoms with Crippen LogP contribution in [0.2, 0.25) is 0 Å². The van der Waals surface area contributed by atoms with Crippen molar-refractivity contribution in [2.75, 3.05) is 0 Å². The average molecular weight is 338 g/mol. The first-order chi connectivity index (χ1) is 11.7. The van der Waals surface area contributed by atoms with Crippen LogP contribution in [0.4, 0.5) is 0 Å². The molecule has 4 heteroatoms. The Morgan fingerprint density at radius 1 is 0.880 bits per heavy atom. The van der Waals surface area contributed by atoms with Crippen LogP contribution in [0.25, 0.3) is 0 Å². The predicted octanol–water partition coefficient (Wildman–Crippen LogP) is 4.18. The minimum atomic E-state index is -0.421. The Bertz CT molecular complexity index is 737. The van der Waals surface area contributed by atoms with Crippen molar-refractivity contribution in [2.45, 2.75) is 59.4 Å². The van der Waals surface area contributed by atoms with Crippen LogP contribution in [0.3, 0.4) is 0 Å². The van der Waals surface area contributed by atoms with E-state index < -0.39 is 7.12 Å². The molecule has 132 valence electrons. The molecule has 1 aliphatic heterocycles. The van der Waals surface area contributed by atoms with Crippen molar-refractivity contribution in [2.24, 2.45) is 0 Å². The summed E-state index contributed by atoms with van der Waals surface area (Å²) in [5, 5.41) is 0. The van der Waals surface area contributed by atoms with Crippen LogP contribution in [0, 0.1) is 13.8 Å². The molecule has 2 aromatic rings. The number of benzene rings is 2. The van der Waals surface area contributed by atoms with Gasteiger partial charge in [0.1, 0.15) is 12.4 Å². The standard InChI is InChI=1S/C21H27BO3/c1-15-12-18(22-24-20(3,4)21(5,6)25-22)19(13-16(15)2)23-14-17-10-8-7-9-11-17/h7-13H,14H2,1-6H3. The molecule has 1 heterocycles. The topological polar surface area (TPSA) is 27.7 Å². The molecule has 0 radical (unpaired) electrons. The van der Waals surface area contributed by atoms with E-state index in [2.05, 4.69) is 65.8 Å². The lowest BCUT2D eigenvalue weighted by Gasteiger charge is -2.32. The summed E-state index contributed by atoms with van der Waals surface area (Å²) in [5.41, 5.74) is 3.76. The highest BCUT2D eigenvalue weighted by atomic mass is 16.7. The molecular formula is C21H27BO3. The summed E-state index contributed by atoms with van der Waals surface area (Å²) in [6.45, 7) is 13.0. The maximum atomic E-state index is 6.24. The zero-order chi connectivity index (χ0) is 18.2. The van der Waals surface area contributed by atoms with Crippen LogP contribution in [0.15, 0.2) is 42.5 Å². The summed E-state index contributed by atoms with van der Waals surface area (Å²) in [6.07, 6.45) is 0. The Morgan fingerprint density at radius 2 is 1.44 bits per heavy atom. The fourth-order valence-electron chi connectivity index (χ4n) is 2.83. The summed E-state index contributed by atoms with van der Waals surface area (Å²) < 4.78 is 18.6. The molecule has 0 saturated carbocycles. The first kappa shape index (κ1) is 18.0. The van der Waals surface area contributed by atoms with Gasteiger partial charge in [-0.15, -0.1) is 0 Å². The van der Waals surface area contributed by atoms with E-state index >= 15 is 0 Å². The Morgan fingerprint density at radius 3 is 2.04 bits per heavy atom. The van der Waals surface area contributed by atoms with Gasteiger partial charge < -0.3 is 14.0 Å². The molecule has 3 rings (SSSR count). The van der Waals surface area contributed by atoms with E-state index in [1.165, 1.54) is 11.1 Å². The Kier molecular flexibility index (Phi) is 4.69. The second-order valence-corrected chi connectivity index (χ2v) is 7.84. The summed E-state index contributed by atoms with van der Waals surface area (Å²) >= 11 is 0. The number of rotatable bonds is 4. The van der Waals surface area contributed by atoms with Crippen LogP contribution in [-0.2, 0) is 15.9 Å². The van der Waals surface area contributed by atoms with Crippen LogP contribution in [-0.4, -0.2) is 18.3 Å². The second kappa shape index (κ2) is 6.51. The van der Waals surface area contributed by atoms with Crippen molar-refractivity contribution in [3.8, 4) is 5.75 Å². The Hall–Kier alpha value is -1.78. The number of ether oxygens (including phenoxy) is 1. The van der Waals surface area contributed by atoms with E-state index in [9.17, 15) is 0 Å². The fraction of sp³-hybridized carbons (Fsp3) is 0.429. The monoisotopic (exact) mass is 338 g/mol. The van der Waals surface area contributed by atoms with Gasteiger partial charge >= 0.3 is 7.12 Å². The van der Waals surface area contributed by atoms with E-state index in [0.29, 0.717) is 6.61 Å². The molecular weight excluding hydrogens is 311 g/mol. The molecule has 1 saturated heterocycles. The van der Waals surface area contributed by atoms with Crippen molar-refractivity contribution in [1.29, 1.82) is 0 Å². The SMILES string of the molecule is Cc1cc(OCc2ccccc2)c(B2OC(C)(C)C(C)(C)O2)cc1C. The average Bonchev–Trinajstić information content (AvgIpc) is 2.77. The van der Waals surface area contributed by atoms with Crippen LogP contribution < -0.4 is 10.2 Å². The molecule has 0 spiro atoms. The fourth-order valence-corrected chi connectivity index (χ4v) is 2.83. The second-order valence-electron chi connectivity index (χ2n) is 7.84. The van der Waals surface area contributed by atoms with Gasteiger partial charge in [0.15, 0.2) is 0 Å².